The van der Waals surface area contributed by atoms with Gasteiger partial charge in [0.15, 0.2) is 5.78 Å². The molecule has 146 valence electrons. The summed E-state index contributed by atoms with van der Waals surface area (Å²) in [4.78, 5) is 22.5. The Morgan fingerprint density at radius 1 is 1.15 bits per heavy atom. The Morgan fingerprint density at radius 2 is 1.85 bits per heavy atom. The molecular weight excluding hydrogens is 332 g/mol. The first-order chi connectivity index (χ1) is 12.5. The van der Waals surface area contributed by atoms with Crippen LogP contribution in [-0.2, 0) is 9.59 Å². The second-order valence-corrected chi connectivity index (χ2v) is 6.98. The van der Waals surface area contributed by atoms with Crippen LogP contribution in [0.15, 0.2) is 11.1 Å². The molecule has 2 unspecified atom stereocenters. The molecule has 0 amide bonds. The molecule has 0 aromatic rings. The maximum Gasteiger partial charge on any atom is 0.303 e. The molecule has 2 atom stereocenters. The SMILES string of the molecule is CCCCCCC(O)C#CC1=C(CCCCCCC(=O)O)C(=O)CC1O. The van der Waals surface area contributed by atoms with Crippen molar-refractivity contribution in [2.24, 2.45) is 0 Å². The van der Waals surface area contributed by atoms with Crippen LogP contribution in [0.25, 0.3) is 0 Å². The molecule has 0 saturated heterocycles. The maximum absolute atomic E-state index is 12.1. The van der Waals surface area contributed by atoms with Crippen molar-refractivity contribution in [2.45, 2.75) is 96.2 Å². The van der Waals surface area contributed by atoms with E-state index in [0.717, 1.165) is 44.9 Å². The molecule has 0 saturated carbocycles. The number of aliphatic hydroxyl groups excluding tert-OH is 2. The van der Waals surface area contributed by atoms with E-state index in [4.69, 9.17) is 5.11 Å². The highest BCUT2D eigenvalue weighted by Gasteiger charge is 2.29. The minimum atomic E-state index is -0.857. The monoisotopic (exact) mass is 364 g/mol. The second-order valence-electron chi connectivity index (χ2n) is 6.98. The number of Topliss-reactive ketones (excluding diaryl/α,β-unsaturated/α-hetero) is 1. The van der Waals surface area contributed by atoms with E-state index in [1.807, 2.05) is 0 Å². The van der Waals surface area contributed by atoms with Crippen LogP contribution < -0.4 is 0 Å². The largest absolute Gasteiger partial charge is 0.481 e. The first kappa shape index (κ1) is 22.4. The fourth-order valence-electron chi connectivity index (χ4n) is 3.11. The predicted molar refractivity (Wildman–Crippen MR) is 101 cm³/mol. The quantitative estimate of drug-likeness (QED) is 0.364. The third-order valence-corrected chi connectivity index (χ3v) is 4.65. The van der Waals surface area contributed by atoms with Gasteiger partial charge in [-0.3, -0.25) is 9.59 Å². The van der Waals surface area contributed by atoms with Crippen LogP contribution in [0.5, 0.6) is 0 Å². The Balaban J connectivity index is 2.51. The first-order valence-corrected chi connectivity index (χ1v) is 9.81. The lowest BCUT2D eigenvalue weighted by molar-refractivity contribution is -0.137. The highest BCUT2D eigenvalue weighted by molar-refractivity contribution is 6.00. The number of rotatable bonds is 12. The van der Waals surface area contributed by atoms with Gasteiger partial charge in [0.1, 0.15) is 6.10 Å². The van der Waals surface area contributed by atoms with Gasteiger partial charge in [-0.1, -0.05) is 50.9 Å². The minimum Gasteiger partial charge on any atom is -0.481 e. The summed E-state index contributed by atoms with van der Waals surface area (Å²) < 4.78 is 0. The smallest absolute Gasteiger partial charge is 0.303 e. The molecule has 5 heteroatoms. The van der Waals surface area contributed by atoms with Crippen molar-refractivity contribution in [3.8, 4) is 11.8 Å². The van der Waals surface area contributed by atoms with E-state index in [-0.39, 0.29) is 18.6 Å². The number of carbonyl (C=O) groups excluding carboxylic acids is 1. The topological polar surface area (TPSA) is 94.8 Å². The number of unbranched alkanes of at least 4 members (excludes halogenated alkanes) is 6. The zero-order valence-corrected chi connectivity index (χ0v) is 15.8. The highest BCUT2D eigenvalue weighted by Crippen LogP contribution is 2.27. The number of hydrogen-bond acceptors (Lipinski definition) is 4. The van der Waals surface area contributed by atoms with Crippen molar-refractivity contribution in [3.63, 3.8) is 0 Å². The number of aliphatic carboxylic acids is 1. The van der Waals surface area contributed by atoms with Crippen LogP contribution in [0.3, 0.4) is 0 Å². The molecular formula is C21H32O5. The summed E-state index contributed by atoms with van der Waals surface area (Å²) in [5.74, 6) is 4.78. The fraction of sp³-hybridized carbons (Fsp3) is 0.714. The van der Waals surface area contributed by atoms with E-state index < -0.39 is 18.2 Å². The van der Waals surface area contributed by atoms with Crippen LogP contribution in [0.2, 0.25) is 0 Å². The minimum absolute atomic E-state index is 0.0650. The van der Waals surface area contributed by atoms with Gasteiger partial charge in [-0.05, 0) is 32.1 Å². The zero-order valence-electron chi connectivity index (χ0n) is 15.8. The van der Waals surface area contributed by atoms with E-state index in [9.17, 15) is 19.8 Å². The van der Waals surface area contributed by atoms with E-state index in [2.05, 4.69) is 18.8 Å². The average Bonchev–Trinajstić information content (AvgIpc) is 2.85. The van der Waals surface area contributed by atoms with Crippen LogP contribution in [0.4, 0.5) is 0 Å². The molecule has 0 bridgehead atoms. The van der Waals surface area contributed by atoms with Gasteiger partial charge in [0.2, 0.25) is 0 Å². The average molecular weight is 364 g/mol. The zero-order chi connectivity index (χ0) is 19.4. The van der Waals surface area contributed by atoms with Gasteiger partial charge >= 0.3 is 5.97 Å². The van der Waals surface area contributed by atoms with Gasteiger partial charge in [-0.25, -0.2) is 0 Å². The summed E-state index contributed by atoms with van der Waals surface area (Å²) in [5, 5.41) is 28.6. The summed E-state index contributed by atoms with van der Waals surface area (Å²) in [6, 6.07) is 0. The number of carbonyl (C=O) groups is 2. The number of hydrogen-bond donors (Lipinski definition) is 3. The molecule has 26 heavy (non-hydrogen) atoms. The van der Waals surface area contributed by atoms with Crippen LogP contribution >= 0.6 is 0 Å². The second kappa shape index (κ2) is 12.7. The van der Waals surface area contributed by atoms with Crippen molar-refractivity contribution in [1.29, 1.82) is 0 Å². The van der Waals surface area contributed by atoms with Crippen molar-refractivity contribution in [2.75, 3.05) is 0 Å². The molecule has 0 spiro atoms. The number of ketones is 1. The van der Waals surface area contributed by atoms with Gasteiger partial charge in [0, 0.05) is 24.0 Å². The Hall–Kier alpha value is -1.64. The van der Waals surface area contributed by atoms with Gasteiger partial charge in [0.25, 0.3) is 0 Å². The third-order valence-electron chi connectivity index (χ3n) is 4.65. The van der Waals surface area contributed by atoms with Crippen LogP contribution in [0, 0.1) is 11.8 Å². The van der Waals surface area contributed by atoms with Gasteiger partial charge in [0.05, 0.1) is 6.10 Å². The number of allylic oxidation sites excluding steroid dienone is 1. The van der Waals surface area contributed by atoms with E-state index in [1.165, 1.54) is 0 Å². The maximum atomic E-state index is 12.1. The molecule has 1 rings (SSSR count). The lowest BCUT2D eigenvalue weighted by atomic mass is 10.0. The lowest BCUT2D eigenvalue weighted by Crippen LogP contribution is -2.06. The van der Waals surface area contributed by atoms with Gasteiger partial charge < -0.3 is 15.3 Å². The molecule has 0 aromatic heterocycles. The summed E-state index contributed by atoms with van der Waals surface area (Å²) >= 11 is 0. The van der Waals surface area contributed by atoms with E-state index in [0.29, 0.717) is 30.4 Å². The molecule has 0 radical (unpaired) electrons. The normalized spacial score (nSPS) is 18.0. The van der Waals surface area contributed by atoms with Crippen LogP contribution in [0.1, 0.15) is 84.0 Å². The molecule has 1 aliphatic carbocycles. The molecule has 0 aromatic carbocycles. The van der Waals surface area contributed by atoms with Crippen LogP contribution in [-0.4, -0.2) is 39.3 Å². The van der Waals surface area contributed by atoms with Crippen molar-refractivity contribution in [1.82, 2.24) is 0 Å². The number of carboxylic acids is 1. The van der Waals surface area contributed by atoms with E-state index >= 15 is 0 Å². The summed E-state index contributed by atoms with van der Waals surface area (Å²) in [7, 11) is 0. The Bertz CT molecular complexity index is 552. The third kappa shape index (κ3) is 8.64. The van der Waals surface area contributed by atoms with Gasteiger partial charge in [-0.15, -0.1) is 0 Å². The number of carboxylic acid groups (broad SMARTS) is 1. The van der Waals surface area contributed by atoms with Crippen molar-refractivity contribution in [3.05, 3.63) is 11.1 Å². The Morgan fingerprint density at radius 3 is 2.54 bits per heavy atom. The molecule has 0 aliphatic heterocycles. The summed E-state index contributed by atoms with van der Waals surface area (Å²) in [5.41, 5.74) is 1.05. The van der Waals surface area contributed by atoms with Crippen molar-refractivity contribution >= 4 is 11.8 Å². The Kier molecular flexibility index (Phi) is 10.9. The summed E-state index contributed by atoms with van der Waals surface area (Å²) in [6.07, 6.45) is 7.20. The molecule has 0 heterocycles. The summed E-state index contributed by atoms with van der Waals surface area (Å²) in [6.45, 7) is 2.13. The molecule has 0 fully saturated rings. The van der Waals surface area contributed by atoms with Gasteiger partial charge in [-0.2, -0.15) is 0 Å². The molecule has 5 nitrogen and oxygen atoms in total. The van der Waals surface area contributed by atoms with Crippen molar-refractivity contribution < 1.29 is 24.9 Å². The van der Waals surface area contributed by atoms with E-state index in [1.54, 1.807) is 0 Å². The fourth-order valence-corrected chi connectivity index (χ4v) is 3.11. The Labute approximate surface area is 156 Å². The molecule has 1 aliphatic rings. The predicted octanol–water partition coefficient (Wildman–Crippen LogP) is 3.38. The highest BCUT2D eigenvalue weighted by atomic mass is 16.4. The molecule has 3 N–H and O–H groups in total. The lowest BCUT2D eigenvalue weighted by Gasteiger charge is -2.05. The number of aliphatic hydroxyl groups is 2. The standard InChI is InChI=1S/C21H32O5/c1-2-3-4-7-10-16(22)13-14-18-17(19(23)15-20(18)24)11-8-5-6-9-12-21(25)26/h16,20,22,24H,2-12,15H2,1H3,(H,25,26). The first-order valence-electron chi connectivity index (χ1n) is 9.81.